The molecule has 0 atom stereocenters. The monoisotopic (exact) mass is 437 g/mol. The second-order valence-corrected chi connectivity index (χ2v) is 9.71. The number of piperazine rings is 1. The van der Waals surface area contributed by atoms with E-state index in [1.807, 2.05) is 36.4 Å². The van der Waals surface area contributed by atoms with Gasteiger partial charge in [0.25, 0.3) is 0 Å². The van der Waals surface area contributed by atoms with E-state index in [1.54, 1.807) is 12.3 Å². The first-order valence-electron chi connectivity index (χ1n) is 10.4. The van der Waals surface area contributed by atoms with E-state index < -0.39 is 10.0 Å². The van der Waals surface area contributed by atoms with E-state index in [0.717, 1.165) is 22.4 Å². The number of hydrogen-bond donors (Lipinski definition) is 0. The largest absolute Gasteiger partial charge is 0.444 e. The van der Waals surface area contributed by atoms with Crippen molar-refractivity contribution >= 4 is 16.1 Å². The van der Waals surface area contributed by atoms with E-state index in [0.29, 0.717) is 38.6 Å². The van der Waals surface area contributed by atoms with Crippen molar-refractivity contribution < 1.29 is 12.8 Å². The summed E-state index contributed by atoms with van der Waals surface area (Å²) in [6.07, 6.45) is 3.34. The van der Waals surface area contributed by atoms with Gasteiger partial charge in [-0.1, -0.05) is 48.0 Å². The molecule has 7 heteroatoms. The summed E-state index contributed by atoms with van der Waals surface area (Å²) in [5.41, 5.74) is 5.07. The molecule has 162 valence electrons. The first kappa shape index (κ1) is 21.5. The topological polar surface area (TPSA) is 66.7 Å². The molecule has 0 bridgehead atoms. The fourth-order valence-corrected chi connectivity index (χ4v) is 4.92. The minimum Gasteiger partial charge on any atom is -0.444 e. The Morgan fingerprint density at radius 2 is 1.77 bits per heavy atom. The van der Waals surface area contributed by atoms with Gasteiger partial charge < -0.3 is 4.42 Å². The summed E-state index contributed by atoms with van der Waals surface area (Å²) < 4.78 is 32.5. The molecule has 0 aliphatic carbocycles. The van der Waals surface area contributed by atoms with Crippen molar-refractivity contribution in [2.45, 2.75) is 20.4 Å². The Kier molecular flexibility index (Phi) is 6.36. The Bertz CT molecular complexity index is 1160. The van der Waals surface area contributed by atoms with Crippen LogP contribution in [-0.2, 0) is 16.6 Å². The standard InChI is InChI=1S/C24H27N3O3S/c1-19-8-9-23(20(2)16-19)24-25-22(18-30-24)17-26-11-13-27(14-12-26)31(28,29)15-10-21-6-4-3-5-7-21/h3-10,15-16,18H,11-14,17H2,1-2H3. The summed E-state index contributed by atoms with van der Waals surface area (Å²) in [6.45, 7) is 7.00. The van der Waals surface area contributed by atoms with E-state index in [4.69, 9.17) is 4.42 Å². The van der Waals surface area contributed by atoms with Gasteiger partial charge in [0.05, 0.1) is 5.69 Å². The van der Waals surface area contributed by atoms with Crippen LogP contribution in [-0.4, -0.2) is 48.8 Å². The SMILES string of the molecule is Cc1ccc(-c2nc(CN3CCN(S(=O)(=O)C=Cc4ccccc4)CC3)co2)c(C)c1. The number of hydrogen-bond acceptors (Lipinski definition) is 5. The molecule has 31 heavy (non-hydrogen) atoms. The molecule has 1 aliphatic rings. The van der Waals surface area contributed by atoms with Crippen LogP contribution < -0.4 is 0 Å². The molecule has 0 N–H and O–H groups in total. The minimum atomic E-state index is -3.43. The van der Waals surface area contributed by atoms with Crippen molar-refractivity contribution in [2.75, 3.05) is 26.2 Å². The maximum Gasteiger partial charge on any atom is 0.236 e. The fourth-order valence-electron chi connectivity index (χ4n) is 3.74. The quantitative estimate of drug-likeness (QED) is 0.581. The van der Waals surface area contributed by atoms with E-state index in [9.17, 15) is 8.42 Å². The number of aromatic nitrogens is 1. The van der Waals surface area contributed by atoms with Gasteiger partial charge >= 0.3 is 0 Å². The van der Waals surface area contributed by atoms with E-state index in [1.165, 1.54) is 15.3 Å². The summed E-state index contributed by atoms with van der Waals surface area (Å²) in [6, 6.07) is 15.7. The number of oxazole rings is 1. The van der Waals surface area contributed by atoms with Crippen molar-refractivity contribution in [1.29, 1.82) is 0 Å². The van der Waals surface area contributed by atoms with Crippen LogP contribution in [0.1, 0.15) is 22.4 Å². The van der Waals surface area contributed by atoms with Crippen LogP contribution in [0.15, 0.2) is 64.6 Å². The molecule has 2 aromatic carbocycles. The number of sulfonamides is 1. The van der Waals surface area contributed by atoms with Crippen LogP contribution in [0.25, 0.3) is 17.5 Å². The molecule has 1 aromatic heterocycles. The van der Waals surface area contributed by atoms with E-state index >= 15 is 0 Å². The predicted octanol–water partition coefficient (Wildman–Crippen LogP) is 4.08. The van der Waals surface area contributed by atoms with Gasteiger partial charge in [-0.3, -0.25) is 4.90 Å². The van der Waals surface area contributed by atoms with E-state index in [2.05, 4.69) is 35.9 Å². The van der Waals surface area contributed by atoms with Gasteiger partial charge in [-0.05, 0) is 37.1 Å². The van der Waals surface area contributed by atoms with Crippen molar-refractivity contribution in [3.63, 3.8) is 0 Å². The highest BCUT2D eigenvalue weighted by Crippen LogP contribution is 2.24. The summed E-state index contributed by atoms with van der Waals surface area (Å²) in [4.78, 5) is 6.85. The van der Waals surface area contributed by atoms with Gasteiger partial charge in [0.1, 0.15) is 6.26 Å². The maximum absolute atomic E-state index is 12.6. The summed E-state index contributed by atoms with van der Waals surface area (Å²) in [5, 5.41) is 1.30. The summed E-state index contributed by atoms with van der Waals surface area (Å²) >= 11 is 0. The molecule has 3 aromatic rings. The highest BCUT2D eigenvalue weighted by Gasteiger charge is 2.25. The predicted molar refractivity (Wildman–Crippen MR) is 123 cm³/mol. The summed E-state index contributed by atoms with van der Waals surface area (Å²) in [5.74, 6) is 0.625. The van der Waals surface area contributed by atoms with Crippen molar-refractivity contribution in [3.8, 4) is 11.5 Å². The van der Waals surface area contributed by atoms with Crippen LogP contribution >= 0.6 is 0 Å². The average molecular weight is 438 g/mol. The van der Waals surface area contributed by atoms with Gasteiger partial charge in [0.2, 0.25) is 15.9 Å². The molecule has 0 spiro atoms. The molecule has 0 amide bonds. The second kappa shape index (κ2) is 9.18. The third kappa shape index (κ3) is 5.31. The molecule has 6 nitrogen and oxygen atoms in total. The van der Waals surface area contributed by atoms with Gasteiger partial charge in [0.15, 0.2) is 0 Å². The highest BCUT2D eigenvalue weighted by atomic mass is 32.2. The molecule has 2 heterocycles. The van der Waals surface area contributed by atoms with Crippen LogP contribution in [0.4, 0.5) is 0 Å². The first-order valence-corrected chi connectivity index (χ1v) is 11.9. The van der Waals surface area contributed by atoms with Gasteiger partial charge in [-0.15, -0.1) is 0 Å². The van der Waals surface area contributed by atoms with Gasteiger partial charge in [-0.2, -0.15) is 4.31 Å². The zero-order chi connectivity index (χ0) is 21.8. The molecular weight excluding hydrogens is 410 g/mol. The maximum atomic E-state index is 12.6. The highest BCUT2D eigenvalue weighted by molar-refractivity contribution is 7.92. The Morgan fingerprint density at radius 1 is 1.03 bits per heavy atom. The van der Waals surface area contributed by atoms with E-state index in [-0.39, 0.29) is 0 Å². The minimum absolute atomic E-state index is 0.462. The second-order valence-electron chi connectivity index (χ2n) is 7.90. The molecule has 0 saturated carbocycles. The Morgan fingerprint density at radius 3 is 2.48 bits per heavy atom. The number of aryl methyl sites for hydroxylation is 2. The molecule has 4 rings (SSSR count). The lowest BCUT2D eigenvalue weighted by molar-refractivity contribution is 0.181. The van der Waals surface area contributed by atoms with Crippen LogP contribution in [0.5, 0.6) is 0 Å². The molecule has 1 saturated heterocycles. The van der Waals surface area contributed by atoms with Crippen molar-refractivity contribution in [1.82, 2.24) is 14.2 Å². The Hall–Kier alpha value is -2.74. The van der Waals surface area contributed by atoms with Gasteiger partial charge in [0, 0.05) is 43.7 Å². The Labute approximate surface area is 183 Å². The molecular formula is C24H27N3O3S. The van der Waals surface area contributed by atoms with Crippen molar-refractivity contribution in [2.24, 2.45) is 0 Å². The van der Waals surface area contributed by atoms with Gasteiger partial charge in [-0.25, -0.2) is 13.4 Å². The molecule has 0 radical (unpaired) electrons. The Balaban J connectivity index is 1.34. The fraction of sp³-hybridized carbons (Fsp3) is 0.292. The number of nitrogens with zero attached hydrogens (tertiary/aromatic N) is 3. The molecule has 1 aliphatic heterocycles. The summed E-state index contributed by atoms with van der Waals surface area (Å²) in [7, 11) is -3.43. The molecule has 0 unspecified atom stereocenters. The third-order valence-electron chi connectivity index (χ3n) is 5.47. The first-order chi connectivity index (χ1) is 14.9. The number of benzene rings is 2. The lowest BCUT2D eigenvalue weighted by Gasteiger charge is -2.32. The average Bonchev–Trinajstić information content (AvgIpc) is 3.21. The molecule has 1 fully saturated rings. The van der Waals surface area contributed by atoms with Crippen LogP contribution in [0.2, 0.25) is 0 Å². The van der Waals surface area contributed by atoms with Crippen LogP contribution in [0, 0.1) is 13.8 Å². The third-order valence-corrected chi connectivity index (χ3v) is 7.04. The zero-order valence-electron chi connectivity index (χ0n) is 17.9. The smallest absolute Gasteiger partial charge is 0.236 e. The normalized spacial score (nSPS) is 16.2. The number of rotatable bonds is 6. The zero-order valence-corrected chi connectivity index (χ0v) is 18.7. The lowest BCUT2D eigenvalue weighted by Crippen LogP contribution is -2.47. The van der Waals surface area contributed by atoms with Crippen LogP contribution in [0.3, 0.4) is 0 Å². The lowest BCUT2D eigenvalue weighted by atomic mass is 10.1. The van der Waals surface area contributed by atoms with Crippen molar-refractivity contribution in [3.05, 3.63) is 82.6 Å².